The van der Waals surface area contributed by atoms with Gasteiger partial charge in [0.1, 0.15) is 11.7 Å². The van der Waals surface area contributed by atoms with E-state index in [2.05, 4.69) is 54.6 Å². The van der Waals surface area contributed by atoms with Gasteiger partial charge in [0.2, 0.25) is 5.78 Å². The van der Waals surface area contributed by atoms with E-state index in [1.165, 1.54) is 4.52 Å². The van der Waals surface area contributed by atoms with Crippen molar-refractivity contribution in [2.45, 2.75) is 52.8 Å². The number of hydrogen-bond donors (Lipinski definition) is 1. The molecule has 3 aromatic rings. The number of ketones is 1. The van der Waals surface area contributed by atoms with Crippen molar-refractivity contribution in [3.05, 3.63) is 34.5 Å². The lowest BCUT2D eigenvalue weighted by Gasteiger charge is -2.33. The number of carbonyl (C=O) groups is 2. The first-order valence-corrected chi connectivity index (χ1v) is 14.3. The molecule has 0 spiro atoms. The van der Waals surface area contributed by atoms with Gasteiger partial charge in [-0.15, -0.1) is 4.68 Å². The summed E-state index contributed by atoms with van der Waals surface area (Å²) in [6.07, 6.45) is -5.19. The highest BCUT2D eigenvalue weighted by Crippen LogP contribution is 2.40. The molecule has 12 nitrogen and oxygen atoms in total. The van der Waals surface area contributed by atoms with Crippen molar-refractivity contribution in [1.29, 1.82) is 0 Å². The molecule has 0 radical (unpaired) electrons. The van der Waals surface area contributed by atoms with E-state index in [0.29, 0.717) is 29.6 Å². The number of carboxylic acids is 1. The van der Waals surface area contributed by atoms with Crippen molar-refractivity contribution in [3.8, 4) is 5.75 Å². The molecule has 242 valence electrons. The van der Waals surface area contributed by atoms with Crippen molar-refractivity contribution < 1.29 is 42.0 Å². The number of fused-ring (bicyclic) bond motifs is 1. The highest BCUT2D eigenvalue weighted by atomic mass is 35.5. The summed E-state index contributed by atoms with van der Waals surface area (Å²) in [7, 11) is 1.68. The first kappa shape index (κ1) is 34.6. The van der Waals surface area contributed by atoms with Crippen molar-refractivity contribution in [2.24, 2.45) is 0 Å². The molecule has 1 saturated heterocycles. The molecule has 0 unspecified atom stereocenters. The number of rotatable bonds is 8. The first-order valence-electron chi connectivity index (χ1n) is 13.9. The highest BCUT2D eigenvalue weighted by molar-refractivity contribution is 6.32. The average Bonchev–Trinajstić information content (AvgIpc) is 3.26. The molecule has 1 aliphatic rings. The Bertz CT molecular complexity index is 1500. The van der Waals surface area contributed by atoms with Crippen molar-refractivity contribution in [3.63, 3.8) is 0 Å². The van der Waals surface area contributed by atoms with E-state index in [1.807, 2.05) is 18.2 Å². The summed E-state index contributed by atoms with van der Waals surface area (Å²) in [6.45, 7) is 14.7. The number of morpholine rings is 1. The lowest BCUT2D eigenvalue weighted by Crippen LogP contribution is -2.41. The fourth-order valence-corrected chi connectivity index (χ4v) is 4.97. The number of carbonyl (C=O) groups excluding carboxylic acids is 2. The number of methoxy groups -OCH3 is 1. The van der Waals surface area contributed by atoms with Crippen molar-refractivity contribution in [2.75, 3.05) is 62.0 Å². The standard InChI is InChI=1S/C26H37ClN7O3.C2HF3O2/c1-7-31(8-2)20-15-22-33(30-25(28)34(22)29-24(20)27)16-21(35)17-13-18(26(3,4)5)23(36-6)19(14-17)32-9-11-37-12-10-32;3-2(4,5)1(6)7/h13-15H,7-12,16H2,1-6H3,(H2,28,30);(H,6,7)/q+1;/p-1. The zero-order valence-corrected chi connectivity index (χ0v) is 26.3. The third kappa shape index (κ3) is 7.80. The molecule has 0 atom stereocenters. The van der Waals surface area contributed by atoms with Gasteiger partial charge in [-0.25, -0.2) is 0 Å². The molecule has 0 aliphatic carbocycles. The largest absolute Gasteiger partial charge is 0.542 e. The number of carboxylic acid groups (broad SMARTS) is 1. The van der Waals surface area contributed by atoms with Gasteiger partial charge in [-0.2, -0.15) is 13.2 Å². The van der Waals surface area contributed by atoms with Crippen LogP contribution < -0.4 is 30.1 Å². The van der Waals surface area contributed by atoms with Gasteiger partial charge in [0.15, 0.2) is 11.7 Å². The van der Waals surface area contributed by atoms with E-state index in [-0.39, 0.29) is 23.7 Å². The summed E-state index contributed by atoms with van der Waals surface area (Å²) in [5.74, 6) is -2.15. The zero-order chi connectivity index (χ0) is 33.0. The molecule has 0 saturated carbocycles. The monoisotopic (exact) mass is 643 g/mol. The van der Waals surface area contributed by atoms with Crippen LogP contribution in [-0.4, -0.2) is 79.1 Å². The van der Waals surface area contributed by atoms with E-state index < -0.39 is 12.1 Å². The van der Waals surface area contributed by atoms with Gasteiger partial charge in [-0.3, -0.25) is 4.79 Å². The second-order valence-electron chi connectivity index (χ2n) is 10.9. The van der Waals surface area contributed by atoms with Crippen molar-refractivity contribution >= 4 is 46.3 Å². The van der Waals surface area contributed by atoms with Gasteiger partial charge in [0.05, 0.1) is 37.8 Å². The first-order chi connectivity index (χ1) is 20.5. The van der Waals surface area contributed by atoms with Gasteiger partial charge in [-0.1, -0.05) is 42.0 Å². The van der Waals surface area contributed by atoms with Gasteiger partial charge < -0.3 is 34.9 Å². The molecular formula is C28H37ClF3N7O5. The van der Waals surface area contributed by atoms with Crippen LogP contribution in [0.4, 0.5) is 30.5 Å². The molecule has 2 aromatic heterocycles. The number of alkyl halides is 3. The molecule has 2 N–H and O–H groups in total. The van der Waals surface area contributed by atoms with Gasteiger partial charge in [-0.05, 0) is 36.5 Å². The van der Waals surface area contributed by atoms with Crippen LogP contribution in [0, 0.1) is 0 Å². The minimum Gasteiger partial charge on any atom is -0.542 e. The number of Topliss-reactive ketones (excluding diaryl/α,β-unsaturated/α-hetero) is 1. The Kier molecular flexibility index (Phi) is 10.9. The minimum atomic E-state index is -5.19. The smallest absolute Gasteiger partial charge is 0.430 e. The molecule has 0 amide bonds. The fourth-order valence-electron chi connectivity index (χ4n) is 4.72. The summed E-state index contributed by atoms with van der Waals surface area (Å²) >= 11 is 6.46. The molecule has 3 heterocycles. The predicted molar refractivity (Wildman–Crippen MR) is 156 cm³/mol. The van der Waals surface area contributed by atoms with Crippen molar-refractivity contribution in [1.82, 2.24) is 14.7 Å². The number of anilines is 3. The number of nitrogens with zero attached hydrogens (tertiary/aromatic N) is 6. The zero-order valence-electron chi connectivity index (χ0n) is 25.5. The maximum atomic E-state index is 13.7. The quantitative estimate of drug-likeness (QED) is 0.287. The fraction of sp³-hybridized carbons (Fsp3) is 0.536. The number of nitrogens with two attached hydrogens (primary N) is 1. The summed E-state index contributed by atoms with van der Waals surface area (Å²) in [5, 5.41) is 18.0. The highest BCUT2D eigenvalue weighted by Gasteiger charge is 2.30. The van der Waals surface area contributed by atoms with Gasteiger partial charge >= 0.3 is 17.8 Å². The molecular weight excluding hydrogens is 607 g/mol. The topological polar surface area (TPSA) is 142 Å². The molecule has 44 heavy (non-hydrogen) atoms. The minimum absolute atomic E-state index is 0.000164. The number of halogens is 4. The average molecular weight is 644 g/mol. The third-order valence-corrected chi connectivity index (χ3v) is 7.24. The van der Waals surface area contributed by atoms with Crippen LogP contribution in [0.5, 0.6) is 5.75 Å². The van der Waals surface area contributed by atoms with Crippen LogP contribution >= 0.6 is 11.6 Å². The Labute approximate surface area is 258 Å². The number of nitrogen functional groups attached to an aromatic ring is 1. The normalized spacial score (nSPS) is 13.8. The molecule has 1 fully saturated rings. The Hall–Kier alpha value is -3.85. The lowest BCUT2D eigenvalue weighted by molar-refractivity contribution is -0.714. The van der Waals surface area contributed by atoms with Crippen LogP contribution in [0.3, 0.4) is 0 Å². The Morgan fingerprint density at radius 3 is 2.25 bits per heavy atom. The van der Waals surface area contributed by atoms with E-state index in [1.54, 1.807) is 11.8 Å². The maximum absolute atomic E-state index is 13.7. The summed E-state index contributed by atoms with van der Waals surface area (Å²) < 4.78 is 46.0. The Morgan fingerprint density at radius 1 is 1.16 bits per heavy atom. The third-order valence-electron chi connectivity index (χ3n) is 6.97. The van der Waals surface area contributed by atoms with E-state index in [9.17, 15) is 18.0 Å². The summed E-state index contributed by atoms with van der Waals surface area (Å²) in [6, 6.07) is 5.73. The maximum Gasteiger partial charge on any atom is 0.430 e. The number of benzene rings is 1. The van der Waals surface area contributed by atoms with E-state index >= 15 is 0 Å². The number of hydrogen-bond acceptors (Lipinski definition) is 10. The molecule has 0 bridgehead atoms. The lowest BCUT2D eigenvalue weighted by atomic mass is 9.84. The Balaban J connectivity index is 0.000000676. The van der Waals surface area contributed by atoms with Crippen LogP contribution in [0.25, 0.3) is 5.65 Å². The van der Waals surface area contributed by atoms with Crippen LogP contribution in [0.2, 0.25) is 5.15 Å². The SMILES string of the molecule is CCN(CC)c1cc2n(nc1Cl)c(N)n[n+]2CC(=O)c1cc(N2CCOCC2)c(OC)c(C(C)(C)C)c1.O=C([O-])C(F)(F)F. The van der Waals surface area contributed by atoms with Crippen LogP contribution in [0.1, 0.15) is 50.5 Å². The Morgan fingerprint density at radius 2 is 1.75 bits per heavy atom. The molecule has 4 rings (SSSR count). The van der Waals surface area contributed by atoms with Crippen LogP contribution in [-0.2, 0) is 21.5 Å². The summed E-state index contributed by atoms with van der Waals surface area (Å²) in [5.41, 5.74) is 9.73. The predicted octanol–water partition coefficient (Wildman–Crippen LogP) is 2.42. The number of ether oxygens (including phenoxy) is 2. The molecule has 16 heteroatoms. The van der Waals surface area contributed by atoms with E-state index in [0.717, 1.165) is 48.9 Å². The second-order valence-corrected chi connectivity index (χ2v) is 11.3. The van der Waals surface area contributed by atoms with Gasteiger partial charge in [0, 0.05) is 37.3 Å². The molecule has 1 aromatic carbocycles. The van der Waals surface area contributed by atoms with Gasteiger partial charge in [0.25, 0.3) is 0 Å². The second kappa shape index (κ2) is 13.8. The van der Waals surface area contributed by atoms with E-state index in [4.69, 9.17) is 36.7 Å². The number of aromatic nitrogens is 4. The number of aliphatic carboxylic acids is 1. The molecule has 1 aliphatic heterocycles. The summed E-state index contributed by atoms with van der Waals surface area (Å²) in [4.78, 5) is 26.8. The van der Waals surface area contributed by atoms with Crippen LogP contribution in [0.15, 0.2) is 18.2 Å².